The van der Waals surface area contributed by atoms with Gasteiger partial charge in [-0.2, -0.15) is 14.9 Å². The predicted molar refractivity (Wildman–Crippen MR) is 122 cm³/mol. The van der Waals surface area contributed by atoms with Gasteiger partial charge in [0.25, 0.3) is 0 Å². The monoisotopic (exact) mass is 430 g/mol. The van der Waals surface area contributed by atoms with Gasteiger partial charge in [-0.25, -0.2) is 0 Å². The van der Waals surface area contributed by atoms with Gasteiger partial charge in [-0.1, -0.05) is 55.9 Å². The number of methoxy groups -OCH3 is 1. The number of hydrogen-bond donors (Lipinski definition) is 1. The van der Waals surface area contributed by atoms with E-state index in [1.54, 1.807) is 18.9 Å². The second-order valence-electron chi connectivity index (χ2n) is 7.65. The highest BCUT2D eigenvalue weighted by Crippen LogP contribution is 2.36. The van der Waals surface area contributed by atoms with Gasteiger partial charge >= 0.3 is 0 Å². The van der Waals surface area contributed by atoms with E-state index in [1.807, 2.05) is 65.3 Å². The third-order valence-corrected chi connectivity index (χ3v) is 6.69. The first-order valence-corrected chi connectivity index (χ1v) is 11.0. The number of nitrogens with zero attached hydrogens (tertiary/aromatic N) is 5. The maximum absolute atomic E-state index is 5.31. The highest BCUT2D eigenvalue weighted by atomic mass is 32.2. The largest absolute Gasteiger partial charge is 0.497 e. The Kier molecular flexibility index (Phi) is 5.07. The minimum absolute atomic E-state index is 0.180. The van der Waals surface area contributed by atoms with E-state index in [9.17, 15) is 0 Å². The fourth-order valence-electron chi connectivity index (χ4n) is 3.56. The lowest BCUT2D eigenvalue weighted by atomic mass is 9.99. The van der Waals surface area contributed by atoms with Crippen LogP contribution < -0.4 is 4.74 Å². The summed E-state index contributed by atoms with van der Waals surface area (Å²) in [5.74, 6) is 1.85. The molecule has 1 aliphatic heterocycles. The molecule has 3 heterocycles. The smallest absolute Gasteiger partial charge is 0.213 e. The van der Waals surface area contributed by atoms with Gasteiger partial charge in [0, 0.05) is 5.56 Å². The average molecular weight is 431 g/mol. The van der Waals surface area contributed by atoms with Gasteiger partial charge in [-0.15, -0.1) is 10.2 Å². The number of hydrogen-bond acceptors (Lipinski definition) is 6. The average Bonchev–Trinajstić information content (AvgIpc) is 3.45. The third-order valence-electron chi connectivity index (χ3n) is 5.20. The summed E-state index contributed by atoms with van der Waals surface area (Å²) >= 11 is 1.69. The van der Waals surface area contributed by atoms with Crippen molar-refractivity contribution in [2.45, 2.75) is 24.3 Å². The molecule has 1 unspecified atom stereocenters. The minimum atomic E-state index is 0.180. The molecule has 5 rings (SSSR count). The molecule has 156 valence electrons. The van der Waals surface area contributed by atoms with Crippen LogP contribution in [0, 0.1) is 5.92 Å². The molecule has 1 aliphatic rings. The summed E-state index contributed by atoms with van der Waals surface area (Å²) in [7, 11) is 1.67. The maximum atomic E-state index is 5.31. The Morgan fingerprint density at radius 2 is 1.77 bits per heavy atom. The van der Waals surface area contributed by atoms with Crippen molar-refractivity contribution in [1.82, 2.24) is 25.1 Å². The highest BCUT2D eigenvalue weighted by Gasteiger charge is 2.31. The molecule has 0 spiro atoms. The molecule has 0 saturated carbocycles. The molecule has 31 heavy (non-hydrogen) atoms. The summed E-state index contributed by atoms with van der Waals surface area (Å²) in [5.41, 5.74) is 4.74. The molecule has 1 atom stereocenters. The van der Waals surface area contributed by atoms with Crippen molar-refractivity contribution < 1.29 is 4.74 Å². The van der Waals surface area contributed by atoms with E-state index in [0.29, 0.717) is 11.7 Å². The first-order valence-electron chi connectivity index (χ1n) is 10.1. The number of nitrogens with one attached hydrogen (secondary N) is 1. The number of rotatable bonds is 5. The Morgan fingerprint density at radius 1 is 1.00 bits per heavy atom. The molecule has 0 aliphatic carbocycles. The Labute approximate surface area is 184 Å². The van der Waals surface area contributed by atoms with E-state index < -0.39 is 0 Å². The fourth-order valence-corrected chi connectivity index (χ4v) is 4.67. The molecule has 2 aromatic carbocycles. The zero-order chi connectivity index (χ0) is 21.4. The van der Waals surface area contributed by atoms with Crippen molar-refractivity contribution in [3.05, 3.63) is 66.2 Å². The van der Waals surface area contributed by atoms with Crippen LogP contribution in [0.1, 0.15) is 19.4 Å². The number of ether oxygens (including phenoxy) is 1. The number of thioether (sulfide) groups is 1. The van der Waals surface area contributed by atoms with Gasteiger partial charge in [0.2, 0.25) is 11.0 Å². The topological polar surface area (TPSA) is 81.0 Å². The normalized spacial score (nSPS) is 15.6. The minimum Gasteiger partial charge on any atom is -0.497 e. The predicted octanol–water partition coefficient (Wildman–Crippen LogP) is 4.73. The molecule has 4 aromatic rings. The fraction of sp³-hybridized carbons (Fsp3) is 0.217. The molecule has 0 bridgehead atoms. The molecule has 0 amide bonds. The first kappa shape index (κ1) is 19.6. The second-order valence-corrected chi connectivity index (χ2v) is 8.76. The molecule has 0 radical (unpaired) electrons. The molecule has 8 heteroatoms. The van der Waals surface area contributed by atoms with E-state index in [0.717, 1.165) is 39.1 Å². The van der Waals surface area contributed by atoms with Crippen LogP contribution in [-0.4, -0.2) is 43.1 Å². The molecule has 0 saturated heterocycles. The van der Waals surface area contributed by atoms with Crippen LogP contribution in [0.2, 0.25) is 0 Å². The quantitative estimate of drug-likeness (QED) is 0.495. The molecule has 1 N–H and O–H groups in total. The molecular formula is C23H22N6OS. The van der Waals surface area contributed by atoms with Crippen molar-refractivity contribution in [2.75, 3.05) is 7.11 Å². The van der Waals surface area contributed by atoms with E-state index in [4.69, 9.17) is 9.84 Å². The standard InChI is InChI=1S/C23H22N6OS/c1-14(2)21-20(16-9-11-17(30-3)12-10-16)28-29-22(26-27-23(29)31-21)19-13-18(24-25-19)15-7-5-4-6-8-15/h4-14,21H,1-3H3,(H,24,25). The third kappa shape index (κ3) is 3.63. The van der Waals surface area contributed by atoms with E-state index >= 15 is 0 Å². The van der Waals surface area contributed by atoms with Gasteiger partial charge < -0.3 is 4.74 Å². The van der Waals surface area contributed by atoms with Crippen LogP contribution in [0.5, 0.6) is 5.75 Å². The Balaban J connectivity index is 1.56. The van der Waals surface area contributed by atoms with E-state index in [2.05, 4.69) is 34.2 Å². The summed E-state index contributed by atoms with van der Waals surface area (Å²) in [6.07, 6.45) is 0. The lowest BCUT2D eigenvalue weighted by molar-refractivity contribution is 0.415. The van der Waals surface area contributed by atoms with Crippen molar-refractivity contribution in [1.29, 1.82) is 0 Å². The van der Waals surface area contributed by atoms with Crippen LogP contribution in [0.4, 0.5) is 0 Å². The Morgan fingerprint density at radius 3 is 2.48 bits per heavy atom. The van der Waals surface area contributed by atoms with Crippen LogP contribution in [0.25, 0.3) is 22.8 Å². The molecule has 7 nitrogen and oxygen atoms in total. The zero-order valence-electron chi connectivity index (χ0n) is 17.5. The van der Waals surface area contributed by atoms with Gasteiger partial charge in [0.05, 0.1) is 23.8 Å². The first-order chi connectivity index (χ1) is 15.1. The lowest BCUT2D eigenvalue weighted by Crippen LogP contribution is -2.28. The van der Waals surface area contributed by atoms with Crippen molar-refractivity contribution >= 4 is 17.5 Å². The maximum Gasteiger partial charge on any atom is 0.213 e. The van der Waals surface area contributed by atoms with Gasteiger partial charge in [0.15, 0.2) is 0 Å². The summed E-state index contributed by atoms with van der Waals surface area (Å²) in [4.78, 5) is 0. The van der Waals surface area contributed by atoms with Gasteiger partial charge in [-0.05, 0) is 41.8 Å². The molecular weight excluding hydrogens is 408 g/mol. The number of aromatic amines is 1. The summed E-state index contributed by atoms with van der Waals surface area (Å²) < 4.78 is 7.12. The van der Waals surface area contributed by atoms with Crippen LogP contribution in [0.3, 0.4) is 0 Å². The number of benzene rings is 2. The summed E-state index contributed by atoms with van der Waals surface area (Å²) in [5, 5.41) is 22.3. The Bertz CT molecular complexity index is 1230. The highest BCUT2D eigenvalue weighted by molar-refractivity contribution is 8.00. The van der Waals surface area contributed by atoms with Gasteiger partial charge in [-0.3, -0.25) is 5.10 Å². The second kappa shape index (κ2) is 8.03. The van der Waals surface area contributed by atoms with Crippen molar-refractivity contribution in [2.24, 2.45) is 11.0 Å². The van der Waals surface area contributed by atoms with Crippen molar-refractivity contribution in [3.63, 3.8) is 0 Å². The summed E-state index contributed by atoms with van der Waals surface area (Å²) in [6.45, 7) is 4.40. The van der Waals surface area contributed by atoms with Crippen LogP contribution in [-0.2, 0) is 0 Å². The number of fused-ring (bicyclic) bond motifs is 1. The zero-order valence-corrected chi connectivity index (χ0v) is 18.3. The number of H-pyrrole nitrogens is 1. The SMILES string of the molecule is COc1ccc(C2=Nn3c(nnc3-c3cc(-c4ccccc4)n[nH]3)SC2C(C)C)cc1. The van der Waals surface area contributed by atoms with Crippen LogP contribution >= 0.6 is 11.8 Å². The Hall–Kier alpha value is -3.39. The summed E-state index contributed by atoms with van der Waals surface area (Å²) in [6, 6.07) is 20.0. The van der Waals surface area contributed by atoms with Crippen molar-refractivity contribution in [3.8, 4) is 28.5 Å². The van der Waals surface area contributed by atoms with Gasteiger partial charge in [0.1, 0.15) is 11.4 Å². The lowest BCUT2D eigenvalue weighted by Gasteiger charge is -2.26. The molecule has 0 fully saturated rings. The molecule has 2 aromatic heterocycles. The van der Waals surface area contributed by atoms with Crippen LogP contribution in [0.15, 0.2) is 70.9 Å². The number of aromatic nitrogens is 5. The van der Waals surface area contributed by atoms with E-state index in [1.165, 1.54) is 0 Å². The van der Waals surface area contributed by atoms with E-state index in [-0.39, 0.29) is 5.25 Å².